The van der Waals surface area contributed by atoms with Crippen molar-refractivity contribution in [2.24, 2.45) is 5.84 Å². The van der Waals surface area contributed by atoms with E-state index in [1.54, 1.807) is 6.20 Å². The van der Waals surface area contributed by atoms with Gasteiger partial charge in [-0.25, -0.2) is 4.98 Å². The van der Waals surface area contributed by atoms with Crippen molar-refractivity contribution in [2.45, 2.75) is 13.5 Å². The topological polar surface area (TPSA) is 123 Å². The molecule has 2 aromatic rings. The first-order valence-electron chi connectivity index (χ1n) is 5.96. The van der Waals surface area contributed by atoms with Crippen molar-refractivity contribution in [2.75, 3.05) is 5.43 Å². The van der Waals surface area contributed by atoms with Gasteiger partial charge in [-0.3, -0.25) is 20.8 Å². The summed E-state index contributed by atoms with van der Waals surface area (Å²) in [6.45, 7) is 2.23. The number of nitrogens with one attached hydrogen (secondary N) is 2. The molecule has 9 heteroatoms. The van der Waals surface area contributed by atoms with Crippen LogP contribution >= 0.6 is 11.3 Å². The molecule has 1 aromatic heterocycles. The predicted molar refractivity (Wildman–Crippen MR) is 78.9 cm³/mol. The van der Waals surface area contributed by atoms with Gasteiger partial charge in [0.2, 0.25) is 0 Å². The van der Waals surface area contributed by atoms with Crippen LogP contribution in [0.4, 0.5) is 11.4 Å². The van der Waals surface area contributed by atoms with Crippen LogP contribution in [-0.2, 0) is 6.54 Å². The van der Waals surface area contributed by atoms with Crippen LogP contribution in [0.3, 0.4) is 0 Å². The van der Waals surface area contributed by atoms with E-state index in [0.29, 0.717) is 6.54 Å². The summed E-state index contributed by atoms with van der Waals surface area (Å²) in [7, 11) is 0. The number of aryl methyl sites for hydroxylation is 1. The molecule has 0 spiro atoms. The first-order chi connectivity index (χ1) is 10.0. The Hall–Kier alpha value is -2.52. The number of rotatable bonds is 5. The Morgan fingerprint density at radius 3 is 2.86 bits per heavy atom. The average molecular weight is 307 g/mol. The first-order valence-corrected chi connectivity index (χ1v) is 6.77. The highest BCUT2D eigenvalue weighted by Crippen LogP contribution is 2.24. The van der Waals surface area contributed by atoms with E-state index in [1.165, 1.54) is 29.5 Å². The van der Waals surface area contributed by atoms with Crippen molar-refractivity contribution in [3.05, 3.63) is 50.0 Å². The van der Waals surface area contributed by atoms with Crippen LogP contribution in [0.25, 0.3) is 0 Å². The lowest BCUT2D eigenvalue weighted by atomic mass is 10.1. The van der Waals surface area contributed by atoms with Crippen LogP contribution in [0.1, 0.15) is 20.2 Å². The molecule has 0 unspecified atom stereocenters. The number of anilines is 1. The van der Waals surface area contributed by atoms with E-state index in [0.717, 1.165) is 9.88 Å². The molecule has 1 heterocycles. The highest BCUT2D eigenvalue weighted by Gasteiger charge is 2.16. The second-order valence-corrected chi connectivity index (χ2v) is 5.48. The van der Waals surface area contributed by atoms with Crippen molar-refractivity contribution >= 4 is 28.6 Å². The van der Waals surface area contributed by atoms with Crippen molar-refractivity contribution in [1.82, 2.24) is 10.3 Å². The number of thiazole rings is 1. The van der Waals surface area contributed by atoms with Gasteiger partial charge in [-0.2, -0.15) is 0 Å². The number of carbonyl (C=O) groups is 1. The van der Waals surface area contributed by atoms with E-state index < -0.39 is 4.92 Å². The number of nitrogen functional groups attached to an aromatic ring is 1. The monoisotopic (exact) mass is 307 g/mol. The zero-order valence-corrected chi connectivity index (χ0v) is 11.9. The molecule has 0 aliphatic rings. The molecule has 8 nitrogen and oxygen atoms in total. The first kappa shape index (κ1) is 14.9. The number of nitro groups is 1. The molecule has 2 rings (SSSR count). The Balaban J connectivity index is 2.10. The van der Waals surface area contributed by atoms with Crippen LogP contribution in [0, 0.1) is 17.0 Å². The number of nitro benzene ring substituents is 1. The van der Waals surface area contributed by atoms with Crippen molar-refractivity contribution in [3.63, 3.8) is 0 Å². The molecule has 0 saturated heterocycles. The fraction of sp³-hybridized carbons (Fsp3) is 0.167. The average Bonchev–Trinajstić information content (AvgIpc) is 2.89. The van der Waals surface area contributed by atoms with Crippen LogP contribution in [0.2, 0.25) is 0 Å². The standard InChI is InChI=1S/C12H13N5O3S/c1-7-14-5-9(21-7)6-15-12(18)8-2-3-11(17(19)20)10(4-8)16-13/h2-5,16H,6,13H2,1H3,(H,15,18). The van der Waals surface area contributed by atoms with Gasteiger partial charge < -0.3 is 10.7 Å². The smallest absolute Gasteiger partial charge is 0.293 e. The van der Waals surface area contributed by atoms with Crippen LogP contribution < -0.4 is 16.6 Å². The molecule has 0 aliphatic carbocycles. The molecule has 21 heavy (non-hydrogen) atoms. The number of hydrogen-bond acceptors (Lipinski definition) is 7. The molecular weight excluding hydrogens is 294 g/mol. The van der Waals surface area contributed by atoms with Crippen molar-refractivity contribution < 1.29 is 9.72 Å². The number of nitrogens with zero attached hydrogens (tertiary/aromatic N) is 2. The number of hydrogen-bond donors (Lipinski definition) is 3. The van der Waals surface area contributed by atoms with Gasteiger partial charge in [0.1, 0.15) is 5.69 Å². The van der Waals surface area contributed by atoms with Gasteiger partial charge in [0.15, 0.2) is 0 Å². The number of nitrogens with two attached hydrogens (primary N) is 1. The molecule has 1 aromatic carbocycles. The lowest BCUT2D eigenvalue weighted by molar-refractivity contribution is -0.384. The third-order valence-corrected chi connectivity index (χ3v) is 3.62. The molecule has 0 fully saturated rings. The molecule has 110 valence electrons. The Morgan fingerprint density at radius 2 is 2.29 bits per heavy atom. The summed E-state index contributed by atoms with van der Waals surface area (Å²) in [6.07, 6.45) is 1.70. The summed E-state index contributed by atoms with van der Waals surface area (Å²) in [6, 6.07) is 3.96. The summed E-state index contributed by atoms with van der Waals surface area (Å²) < 4.78 is 0. The lowest BCUT2D eigenvalue weighted by Gasteiger charge is -2.06. The minimum Gasteiger partial charge on any atom is -0.347 e. The van der Waals surface area contributed by atoms with Gasteiger partial charge in [0, 0.05) is 22.7 Å². The molecule has 4 N–H and O–H groups in total. The highest BCUT2D eigenvalue weighted by atomic mass is 32.1. The quantitative estimate of drug-likeness (QED) is 0.438. The highest BCUT2D eigenvalue weighted by molar-refractivity contribution is 7.11. The van der Waals surface area contributed by atoms with Gasteiger partial charge >= 0.3 is 0 Å². The third kappa shape index (κ3) is 3.52. The Morgan fingerprint density at radius 1 is 1.52 bits per heavy atom. The van der Waals surface area contributed by atoms with Crippen LogP contribution in [0.5, 0.6) is 0 Å². The second-order valence-electron chi connectivity index (χ2n) is 4.16. The maximum Gasteiger partial charge on any atom is 0.293 e. The van der Waals surface area contributed by atoms with E-state index in [-0.39, 0.29) is 22.8 Å². The summed E-state index contributed by atoms with van der Waals surface area (Å²) in [4.78, 5) is 27.2. The van der Waals surface area contributed by atoms with Crippen molar-refractivity contribution in [3.8, 4) is 0 Å². The van der Waals surface area contributed by atoms with E-state index >= 15 is 0 Å². The third-order valence-electron chi connectivity index (χ3n) is 2.70. The number of carbonyl (C=O) groups excluding carboxylic acids is 1. The minimum absolute atomic E-state index is 0.0845. The Labute approximate surface area is 124 Å². The molecule has 0 aliphatic heterocycles. The minimum atomic E-state index is -0.572. The van der Waals surface area contributed by atoms with Gasteiger partial charge in [-0.15, -0.1) is 11.3 Å². The Bertz CT molecular complexity index is 685. The maximum absolute atomic E-state index is 12.0. The van der Waals surface area contributed by atoms with E-state index in [1.807, 2.05) is 6.92 Å². The fourth-order valence-electron chi connectivity index (χ4n) is 1.71. The molecule has 0 saturated carbocycles. The van der Waals surface area contributed by atoms with E-state index in [9.17, 15) is 14.9 Å². The molecule has 0 atom stereocenters. The molecule has 1 amide bonds. The van der Waals surface area contributed by atoms with Crippen molar-refractivity contribution in [1.29, 1.82) is 0 Å². The van der Waals surface area contributed by atoms with Gasteiger partial charge in [0.25, 0.3) is 11.6 Å². The molecule has 0 radical (unpaired) electrons. The normalized spacial score (nSPS) is 10.2. The predicted octanol–water partition coefficient (Wildman–Crippen LogP) is 1.58. The largest absolute Gasteiger partial charge is 0.347 e. The Kier molecular flexibility index (Phi) is 4.45. The second kappa shape index (κ2) is 6.29. The van der Waals surface area contributed by atoms with E-state index in [4.69, 9.17) is 5.84 Å². The number of amides is 1. The number of benzene rings is 1. The summed E-state index contributed by atoms with van der Waals surface area (Å²) in [5, 5.41) is 14.4. The maximum atomic E-state index is 12.0. The molecular formula is C12H13N5O3S. The summed E-state index contributed by atoms with van der Waals surface area (Å²) in [5.41, 5.74) is 2.40. The SMILES string of the molecule is Cc1ncc(CNC(=O)c2ccc([N+](=O)[O-])c(NN)c2)s1. The number of hydrazine groups is 1. The fourth-order valence-corrected chi connectivity index (χ4v) is 2.44. The summed E-state index contributed by atoms with van der Waals surface area (Å²) >= 11 is 1.49. The van der Waals surface area contributed by atoms with Gasteiger partial charge in [0.05, 0.1) is 16.5 Å². The summed E-state index contributed by atoms with van der Waals surface area (Å²) in [5.74, 6) is 4.89. The number of aromatic nitrogens is 1. The van der Waals surface area contributed by atoms with E-state index in [2.05, 4.69) is 15.7 Å². The molecule has 0 bridgehead atoms. The zero-order chi connectivity index (χ0) is 15.4. The van der Waals surface area contributed by atoms with Crippen LogP contribution in [0.15, 0.2) is 24.4 Å². The zero-order valence-electron chi connectivity index (χ0n) is 11.1. The van der Waals surface area contributed by atoms with Gasteiger partial charge in [-0.1, -0.05) is 0 Å². The van der Waals surface area contributed by atoms with Gasteiger partial charge in [-0.05, 0) is 19.1 Å². The van der Waals surface area contributed by atoms with Crippen LogP contribution in [-0.4, -0.2) is 15.8 Å². The lowest BCUT2D eigenvalue weighted by Crippen LogP contribution is -2.22.